The summed E-state index contributed by atoms with van der Waals surface area (Å²) < 4.78 is 32.9. The largest absolute Gasteiger partial charge is 0.493 e. The van der Waals surface area contributed by atoms with Crippen molar-refractivity contribution in [1.82, 2.24) is 14.9 Å². The van der Waals surface area contributed by atoms with Gasteiger partial charge in [0.15, 0.2) is 0 Å². The number of thiophene rings is 1. The third kappa shape index (κ3) is 3.48. The third-order valence-corrected chi connectivity index (χ3v) is 4.82. The molecule has 0 radical (unpaired) electrons. The normalized spacial score (nSPS) is 11.2. The van der Waals surface area contributed by atoms with Crippen LogP contribution in [0.2, 0.25) is 0 Å². The van der Waals surface area contributed by atoms with E-state index in [1.54, 1.807) is 6.33 Å². The number of halogens is 2. The maximum atomic E-state index is 12.7. The predicted molar refractivity (Wildman–Crippen MR) is 92.3 cm³/mol. The van der Waals surface area contributed by atoms with Crippen LogP contribution in [0.1, 0.15) is 33.5 Å². The second-order valence-electron chi connectivity index (χ2n) is 5.38. The monoisotopic (exact) mass is 365 g/mol. The molecule has 1 amide bonds. The third-order valence-electron chi connectivity index (χ3n) is 3.73. The number of alkyl halides is 2. The zero-order chi connectivity index (χ0) is 18.0. The standard InChI is InChI=1S/C17H17F2N3O2S/c1-3-24-12-5-4-11-15(22(2)9-21-11)10(12)8-20-17(23)14-7-6-13(25-14)16(18)19/h4-7,9,16H,3,8H2,1-2H3,(H,20,23). The molecule has 8 heteroatoms. The first-order chi connectivity index (χ1) is 12.0. The van der Waals surface area contributed by atoms with Gasteiger partial charge in [-0.25, -0.2) is 13.8 Å². The fourth-order valence-electron chi connectivity index (χ4n) is 2.62. The lowest BCUT2D eigenvalue weighted by atomic mass is 10.1. The fraction of sp³-hybridized carbons (Fsp3) is 0.294. The number of hydrogen-bond donors (Lipinski definition) is 1. The van der Waals surface area contributed by atoms with Gasteiger partial charge in [-0.15, -0.1) is 11.3 Å². The van der Waals surface area contributed by atoms with Gasteiger partial charge in [-0.1, -0.05) is 0 Å². The number of rotatable bonds is 6. The van der Waals surface area contributed by atoms with E-state index in [0.29, 0.717) is 12.4 Å². The number of carbonyl (C=O) groups is 1. The highest BCUT2D eigenvalue weighted by atomic mass is 32.1. The number of nitrogens with one attached hydrogen (secondary N) is 1. The molecule has 0 aliphatic carbocycles. The highest BCUT2D eigenvalue weighted by Gasteiger charge is 2.17. The molecule has 0 bridgehead atoms. The summed E-state index contributed by atoms with van der Waals surface area (Å²) in [6, 6.07) is 6.37. The highest BCUT2D eigenvalue weighted by molar-refractivity contribution is 7.14. The van der Waals surface area contributed by atoms with Crippen LogP contribution in [0.5, 0.6) is 5.75 Å². The Labute approximate surface area is 147 Å². The molecule has 0 aliphatic rings. The molecule has 0 spiro atoms. The van der Waals surface area contributed by atoms with Crippen LogP contribution in [0.4, 0.5) is 8.78 Å². The second kappa shape index (κ2) is 7.18. The summed E-state index contributed by atoms with van der Waals surface area (Å²) in [4.78, 5) is 16.7. The van der Waals surface area contributed by atoms with E-state index in [1.807, 2.05) is 30.7 Å². The molecule has 2 heterocycles. The van der Waals surface area contributed by atoms with Crippen molar-refractivity contribution in [1.29, 1.82) is 0 Å². The number of imidazole rings is 1. The molecule has 0 saturated carbocycles. The van der Waals surface area contributed by atoms with Crippen LogP contribution in [0, 0.1) is 0 Å². The van der Waals surface area contributed by atoms with Crippen molar-refractivity contribution in [3.8, 4) is 5.75 Å². The van der Waals surface area contributed by atoms with Crippen molar-refractivity contribution in [2.75, 3.05) is 6.61 Å². The van der Waals surface area contributed by atoms with Gasteiger partial charge >= 0.3 is 0 Å². The summed E-state index contributed by atoms with van der Waals surface area (Å²) >= 11 is 0.796. The SMILES string of the molecule is CCOc1ccc2ncn(C)c2c1CNC(=O)c1ccc(C(F)F)s1. The summed E-state index contributed by atoms with van der Waals surface area (Å²) in [6.45, 7) is 2.59. The van der Waals surface area contributed by atoms with Gasteiger partial charge in [-0.2, -0.15) is 0 Å². The van der Waals surface area contributed by atoms with E-state index in [4.69, 9.17) is 4.74 Å². The highest BCUT2D eigenvalue weighted by Crippen LogP contribution is 2.29. The molecule has 0 unspecified atom stereocenters. The molecule has 1 aromatic carbocycles. The smallest absolute Gasteiger partial charge is 0.272 e. The lowest BCUT2D eigenvalue weighted by Gasteiger charge is -2.13. The zero-order valence-electron chi connectivity index (χ0n) is 13.8. The van der Waals surface area contributed by atoms with Gasteiger partial charge in [0.1, 0.15) is 5.75 Å². The molecule has 0 saturated heterocycles. The number of amides is 1. The lowest BCUT2D eigenvalue weighted by Crippen LogP contribution is -2.22. The maximum Gasteiger partial charge on any atom is 0.272 e. The Bertz CT molecular complexity index is 905. The van der Waals surface area contributed by atoms with Crippen LogP contribution in [0.3, 0.4) is 0 Å². The predicted octanol–water partition coefficient (Wildman–Crippen LogP) is 3.90. The number of fused-ring (bicyclic) bond motifs is 1. The number of aromatic nitrogens is 2. The van der Waals surface area contributed by atoms with Crippen molar-refractivity contribution in [3.63, 3.8) is 0 Å². The summed E-state index contributed by atoms with van der Waals surface area (Å²) in [5.41, 5.74) is 2.47. The zero-order valence-corrected chi connectivity index (χ0v) is 14.6. The van der Waals surface area contributed by atoms with E-state index in [-0.39, 0.29) is 16.3 Å². The van der Waals surface area contributed by atoms with Crippen LogP contribution >= 0.6 is 11.3 Å². The van der Waals surface area contributed by atoms with Crippen LogP contribution in [-0.4, -0.2) is 22.1 Å². The molecular formula is C17H17F2N3O2S. The Morgan fingerprint density at radius 2 is 2.16 bits per heavy atom. The number of hydrogen-bond acceptors (Lipinski definition) is 4. The van der Waals surface area contributed by atoms with E-state index >= 15 is 0 Å². The minimum Gasteiger partial charge on any atom is -0.493 e. The minimum atomic E-state index is -2.57. The van der Waals surface area contributed by atoms with Gasteiger partial charge in [-0.3, -0.25) is 4.79 Å². The van der Waals surface area contributed by atoms with Gasteiger partial charge in [0.05, 0.1) is 33.7 Å². The number of benzene rings is 1. The molecule has 2 aromatic heterocycles. The first-order valence-corrected chi connectivity index (χ1v) is 8.54. The summed E-state index contributed by atoms with van der Waals surface area (Å²) in [7, 11) is 1.87. The van der Waals surface area contributed by atoms with Crippen molar-refractivity contribution < 1.29 is 18.3 Å². The Morgan fingerprint density at radius 1 is 1.36 bits per heavy atom. The number of carbonyl (C=O) groups excluding carboxylic acids is 1. The van der Waals surface area contributed by atoms with Crippen molar-refractivity contribution in [3.05, 3.63) is 45.9 Å². The average Bonchev–Trinajstić information content (AvgIpc) is 3.21. The quantitative estimate of drug-likeness (QED) is 0.721. The van der Waals surface area contributed by atoms with Crippen LogP contribution < -0.4 is 10.1 Å². The molecule has 5 nitrogen and oxygen atoms in total. The molecule has 3 aromatic rings. The molecular weight excluding hydrogens is 348 g/mol. The molecule has 0 aliphatic heterocycles. The van der Waals surface area contributed by atoms with Gasteiger partial charge in [-0.05, 0) is 31.2 Å². The molecule has 0 fully saturated rings. The first kappa shape index (κ1) is 17.3. The average molecular weight is 365 g/mol. The molecule has 0 atom stereocenters. The van der Waals surface area contributed by atoms with Crippen molar-refractivity contribution >= 4 is 28.3 Å². The summed E-state index contributed by atoms with van der Waals surface area (Å²) in [6.07, 6.45) is -0.876. The molecule has 132 valence electrons. The van der Waals surface area contributed by atoms with Gasteiger partial charge in [0, 0.05) is 19.2 Å². The molecule has 25 heavy (non-hydrogen) atoms. The van der Waals surface area contributed by atoms with E-state index in [0.717, 1.165) is 27.9 Å². The Kier molecular flexibility index (Phi) is 4.98. The maximum absolute atomic E-state index is 12.7. The van der Waals surface area contributed by atoms with Gasteiger partial charge in [0.25, 0.3) is 12.3 Å². The van der Waals surface area contributed by atoms with E-state index in [2.05, 4.69) is 10.3 Å². The summed E-state index contributed by atoms with van der Waals surface area (Å²) in [5, 5.41) is 2.78. The second-order valence-corrected chi connectivity index (χ2v) is 6.50. The van der Waals surface area contributed by atoms with Crippen LogP contribution in [0.25, 0.3) is 11.0 Å². The summed E-state index contributed by atoms with van der Waals surface area (Å²) in [5.74, 6) is 0.275. The van der Waals surface area contributed by atoms with E-state index in [9.17, 15) is 13.6 Å². The van der Waals surface area contributed by atoms with Gasteiger partial charge in [0.2, 0.25) is 0 Å². The Balaban J connectivity index is 1.85. The number of ether oxygens (including phenoxy) is 1. The Hall–Kier alpha value is -2.48. The first-order valence-electron chi connectivity index (χ1n) is 7.73. The minimum absolute atomic E-state index is 0.117. The van der Waals surface area contributed by atoms with Crippen LogP contribution in [-0.2, 0) is 13.6 Å². The topological polar surface area (TPSA) is 56.1 Å². The molecule has 3 rings (SSSR count). The van der Waals surface area contributed by atoms with E-state index in [1.165, 1.54) is 12.1 Å². The van der Waals surface area contributed by atoms with Crippen molar-refractivity contribution in [2.24, 2.45) is 7.05 Å². The number of nitrogens with zero attached hydrogens (tertiary/aromatic N) is 2. The Morgan fingerprint density at radius 3 is 2.84 bits per heavy atom. The molecule has 1 N–H and O–H groups in total. The number of aryl methyl sites for hydroxylation is 1. The van der Waals surface area contributed by atoms with Crippen LogP contribution in [0.15, 0.2) is 30.6 Å². The lowest BCUT2D eigenvalue weighted by molar-refractivity contribution is 0.0955. The fourth-order valence-corrected chi connectivity index (χ4v) is 3.40. The van der Waals surface area contributed by atoms with Gasteiger partial charge < -0.3 is 14.6 Å². The van der Waals surface area contributed by atoms with E-state index < -0.39 is 12.3 Å². The van der Waals surface area contributed by atoms with Crippen molar-refractivity contribution in [2.45, 2.75) is 19.9 Å².